The number of halogens is 2. The zero-order valence-corrected chi connectivity index (χ0v) is 14.6. The van der Waals surface area contributed by atoms with Gasteiger partial charge in [-0.3, -0.25) is 4.79 Å². The van der Waals surface area contributed by atoms with Gasteiger partial charge in [-0.25, -0.2) is 9.07 Å². The van der Waals surface area contributed by atoms with E-state index < -0.39 is 0 Å². The minimum absolute atomic E-state index is 0.254. The highest BCUT2D eigenvalue weighted by atomic mass is 35.5. The maximum Gasteiger partial charge on any atom is 0.259 e. The van der Waals surface area contributed by atoms with E-state index in [4.69, 9.17) is 11.6 Å². The molecule has 128 valence electrons. The highest BCUT2D eigenvalue weighted by Gasteiger charge is 2.18. The van der Waals surface area contributed by atoms with Gasteiger partial charge in [-0.05, 0) is 55.3 Å². The number of nitrogens with zero attached hydrogens (tertiary/aromatic N) is 2. The molecule has 25 heavy (non-hydrogen) atoms. The van der Waals surface area contributed by atoms with Gasteiger partial charge in [0.15, 0.2) is 0 Å². The van der Waals surface area contributed by atoms with Gasteiger partial charge in [0.25, 0.3) is 5.91 Å². The minimum atomic E-state index is -0.316. The monoisotopic (exact) mass is 357 g/mol. The van der Waals surface area contributed by atoms with E-state index in [-0.39, 0.29) is 11.7 Å². The van der Waals surface area contributed by atoms with Gasteiger partial charge >= 0.3 is 0 Å². The van der Waals surface area contributed by atoms with E-state index >= 15 is 0 Å². The van der Waals surface area contributed by atoms with Crippen LogP contribution in [0.4, 0.5) is 10.1 Å². The number of aromatic nitrogens is 2. The van der Waals surface area contributed by atoms with Crippen LogP contribution >= 0.6 is 11.6 Å². The molecule has 1 amide bonds. The molecular weight excluding hydrogens is 341 g/mol. The van der Waals surface area contributed by atoms with Gasteiger partial charge in [-0.1, -0.05) is 24.6 Å². The summed E-state index contributed by atoms with van der Waals surface area (Å²) in [7, 11) is 0. The Labute approximate surface area is 150 Å². The Kier molecular flexibility index (Phi) is 4.86. The van der Waals surface area contributed by atoms with Gasteiger partial charge in [0.1, 0.15) is 5.82 Å². The zero-order valence-electron chi connectivity index (χ0n) is 13.9. The van der Waals surface area contributed by atoms with Gasteiger partial charge in [0.2, 0.25) is 0 Å². The Balaban J connectivity index is 1.93. The molecule has 1 N–H and O–H groups in total. The van der Waals surface area contributed by atoms with Crippen LogP contribution in [0.25, 0.3) is 5.69 Å². The van der Waals surface area contributed by atoms with E-state index in [0.717, 1.165) is 11.3 Å². The molecule has 3 rings (SSSR count). The molecule has 0 saturated carbocycles. The first-order valence-corrected chi connectivity index (χ1v) is 8.27. The number of nitrogens with one attached hydrogen (secondary N) is 1. The second-order valence-electron chi connectivity index (χ2n) is 5.66. The first-order chi connectivity index (χ1) is 12.0. The fraction of sp³-hybridized carbons (Fsp3) is 0.158. The Bertz CT molecular complexity index is 919. The van der Waals surface area contributed by atoms with Crippen LogP contribution < -0.4 is 5.32 Å². The molecule has 2 aromatic carbocycles. The average Bonchev–Trinajstić information content (AvgIpc) is 3.03. The van der Waals surface area contributed by atoms with Crippen molar-refractivity contribution in [2.24, 2.45) is 0 Å². The lowest BCUT2D eigenvalue weighted by Gasteiger charge is -2.10. The molecule has 3 aromatic rings. The van der Waals surface area contributed by atoms with E-state index in [1.807, 2.05) is 19.9 Å². The van der Waals surface area contributed by atoms with E-state index in [2.05, 4.69) is 10.4 Å². The van der Waals surface area contributed by atoms with Crippen LogP contribution in [0.1, 0.15) is 28.5 Å². The van der Waals surface area contributed by atoms with Gasteiger partial charge in [0.05, 0.1) is 23.1 Å². The van der Waals surface area contributed by atoms with Crippen LogP contribution in [0.5, 0.6) is 0 Å². The number of rotatable bonds is 4. The molecular formula is C19H17ClFN3O. The van der Waals surface area contributed by atoms with Gasteiger partial charge < -0.3 is 5.32 Å². The zero-order chi connectivity index (χ0) is 18.0. The van der Waals surface area contributed by atoms with Crippen molar-refractivity contribution in [1.29, 1.82) is 0 Å². The molecule has 0 saturated heterocycles. The molecule has 0 aliphatic rings. The summed E-state index contributed by atoms with van der Waals surface area (Å²) >= 11 is 6.00. The van der Waals surface area contributed by atoms with E-state index in [1.54, 1.807) is 28.9 Å². The predicted octanol–water partition coefficient (Wildman–Crippen LogP) is 4.79. The van der Waals surface area contributed by atoms with Crippen LogP contribution in [-0.2, 0) is 6.42 Å². The molecule has 6 heteroatoms. The van der Waals surface area contributed by atoms with Crippen LogP contribution in [0.3, 0.4) is 0 Å². The maximum absolute atomic E-state index is 13.1. The summed E-state index contributed by atoms with van der Waals surface area (Å²) in [6, 6.07) is 11.3. The number of aryl methyl sites for hydroxylation is 1. The summed E-state index contributed by atoms with van der Waals surface area (Å²) in [5, 5.41) is 7.73. The molecule has 1 heterocycles. The number of carbonyl (C=O) groups excluding carboxylic acids is 1. The number of hydrogen-bond donors (Lipinski definition) is 1. The van der Waals surface area contributed by atoms with Crippen LogP contribution in [0.2, 0.25) is 5.02 Å². The third-order valence-corrected chi connectivity index (χ3v) is 4.20. The molecule has 0 unspecified atom stereocenters. The van der Waals surface area contributed by atoms with Crippen molar-refractivity contribution in [3.8, 4) is 5.69 Å². The van der Waals surface area contributed by atoms with E-state index in [0.29, 0.717) is 28.4 Å². The number of anilines is 1. The lowest BCUT2D eigenvalue weighted by atomic mass is 10.1. The predicted molar refractivity (Wildman–Crippen MR) is 97.0 cm³/mol. The third-order valence-electron chi connectivity index (χ3n) is 3.97. The summed E-state index contributed by atoms with van der Waals surface area (Å²) in [6.45, 7) is 3.84. The molecule has 0 atom stereocenters. The summed E-state index contributed by atoms with van der Waals surface area (Å²) in [6.07, 6.45) is 2.13. The Morgan fingerprint density at radius 3 is 2.64 bits per heavy atom. The van der Waals surface area contributed by atoms with Crippen molar-refractivity contribution in [2.45, 2.75) is 20.3 Å². The summed E-state index contributed by atoms with van der Waals surface area (Å²) in [5.41, 5.74) is 3.52. The fourth-order valence-corrected chi connectivity index (χ4v) is 2.80. The highest BCUT2D eigenvalue weighted by molar-refractivity contribution is 6.31. The molecule has 4 nitrogen and oxygen atoms in total. The van der Waals surface area contributed by atoms with Crippen molar-refractivity contribution in [3.05, 3.63) is 76.3 Å². The van der Waals surface area contributed by atoms with Crippen LogP contribution in [-0.4, -0.2) is 15.7 Å². The van der Waals surface area contributed by atoms with Gasteiger partial charge in [-0.15, -0.1) is 0 Å². The Morgan fingerprint density at radius 2 is 1.96 bits per heavy atom. The molecule has 0 aliphatic heterocycles. The molecule has 0 spiro atoms. The van der Waals surface area contributed by atoms with E-state index in [1.165, 1.54) is 18.3 Å². The smallest absolute Gasteiger partial charge is 0.259 e. The topological polar surface area (TPSA) is 46.9 Å². The van der Waals surface area contributed by atoms with Crippen molar-refractivity contribution in [1.82, 2.24) is 9.78 Å². The molecule has 1 aromatic heterocycles. The maximum atomic E-state index is 13.1. The highest BCUT2D eigenvalue weighted by Crippen LogP contribution is 2.22. The first-order valence-electron chi connectivity index (χ1n) is 7.90. The summed E-state index contributed by atoms with van der Waals surface area (Å²) in [5.74, 6) is -0.570. The van der Waals surface area contributed by atoms with E-state index in [9.17, 15) is 9.18 Å². The Morgan fingerprint density at radius 1 is 1.24 bits per heavy atom. The first kappa shape index (κ1) is 17.2. The molecule has 0 bridgehead atoms. The second-order valence-corrected chi connectivity index (χ2v) is 6.10. The SMILES string of the molecule is CCc1c(C(=O)Nc2cc(Cl)ccc2C)cnn1-c1ccc(F)cc1. The third kappa shape index (κ3) is 3.56. The lowest BCUT2D eigenvalue weighted by Crippen LogP contribution is -2.15. The van der Waals surface area contributed by atoms with Crippen molar-refractivity contribution in [2.75, 3.05) is 5.32 Å². The van der Waals surface area contributed by atoms with Crippen molar-refractivity contribution >= 4 is 23.2 Å². The van der Waals surface area contributed by atoms with Gasteiger partial charge in [0, 0.05) is 10.7 Å². The van der Waals surface area contributed by atoms with Crippen LogP contribution in [0.15, 0.2) is 48.7 Å². The van der Waals surface area contributed by atoms with Gasteiger partial charge in [-0.2, -0.15) is 5.10 Å². The Hall–Kier alpha value is -2.66. The van der Waals surface area contributed by atoms with Crippen LogP contribution in [0, 0.1) is 12.7 Å². The van der Waals surface area contributed by atoms with Crippen molar-refractivity contribution < 1.29 is 9.18 Å². The quantitative estimate of drug-likeness (QED) is 0.729. The number of benzene rings is 2. The van der Waals surface area contributed by atoms with Crippen molar-refractivity contribution in [3.63, 3.8) is 0 Å². The summed E-state index contributed by atoms with van der Waals surface area (Å²) < 4.78 is 14.8. The summed E-state index contributed by atoms with van der Waals surface area (Å²) in [4.78, 5) is 12.7. The molecule has 0 aliphatic carbocycles. The number of amides is 1. The average molecular weight is 358 g/mol. The number of hydrogen-bond acceptors (Lipinski definition) is 2. The second kappa shape index (κ2) is 7.07. The fourth-order valence-electron chi connectivity index (χ4n) is 2.63. The molecule has 0 radical (unpaired) electrons. The standard InChI is InChI=1S/C19H17ClFN3O/c1-3-18-16(11-22-24(18)15-8-6-14(21)7-9-15)19(25)23-17-10-13(20)5-4-12(17)2/h4-11H,3H2,1-2H3,(H,23,25). The normalized spacial score (nSPS) is 10.7. The molecule has 0 fully saturated rings. The largest absolute Gasteiger partial charge is 0.322 e. The lowest BCUT2D eigenvalue weighted by molar-refractivity contribution is 0.102. The number of carbonyl (C=O) groups is 1. The minimum Gasteiger partial charge on any atom is -0.322 e.